The van der Waals surface area contributed by atoms with Crippen LogP contribution in [0.4, 0.5) is 0 Å². The monoisotopic (exact) mass is 1580 g/mol. The van der Waals surface area contributed by atoms with Gasteiger partial charge in [0.25, 0.3) is 0 Å². The molecular formula is C89H174O17P2. The lowest BCUT2D eigenvalue weighted by molar-refractivity contribution is -0.161. The molecule has 0 rings (SSSR count). The predicted molar refractivity (Wildman–Crippen MR) is 446 cm³/mol. The third kappa shape index (κ3) is 79.3. The molecule has 4 unspecified atom stereocenters. The fraction of sp³-hybridized carbons (Fsp3) is 0.955. The van der Waals surface area contributed by atoms with Crippen LogP contribution in [0.25, 0.3) is 0 Å². The van der Waals surface area contributed by atoms with E-state index in [9.17, 15) is 43.2 Å². The largest absolute Gasteiger partial charge is 0.472 e. The summed E-state index contributed by atoms with van der Waals surface area (Å²) < 4.78 is 68.9. The van der Waals surface area contributed by atoms with Crippen molar-refractivity contribution in [3.05, 3.63) is 0 Å². The number of carbonyl (C=O) groups is 4. The van der Waals surface area contributed by atoms with Crippen molar-refractivity contribution in [3.63, 3.8) is 0 Å². The Labute approximate surface area is 664 Å². The van der Waals surface area contributed by atoms with E-state index in [1.165, 1.54) is 276 Å². The van der Waals surface area contributed by atoms with Gasteiger partial charge in [0.15, 0.2) is 12.2 Å². The molecule has 0 saturated heterocycles. The topological polar surface area (TPSA) is 237 Å². The van der Waals surface area contributed by atoms with Crippen molar-refractivity contribution in [1.29, 1.82) is 0 Å². The van der Waals surface area contributed by atoms with Gasteiger partial charge in [0.2, 0.25) is 0 Å². The highest BCUT2D eigenvalue weighted by Crippen LogP contribution is 2.45. The van der Waals surface area contributed by atoms with Crippen molar-refractivity contribution in [2.45, 2.75) is 491 Å². The van der Waals surface area contributed by atoms with Gasteiger partial charge in [0, 0.05) is 25.7 Å². The van der Waals surface area contributed by atoms with Crippen LogP contribution in [0.3, 0.4) is 0 Å². The second-order valence-corrected chi connectivity index (χ2v) is 35.9. The van der Waals surface area contributed by atoms with Gasteiger partial charge >= 0.3 is 39.5 Å². The minimum absolute atomic E-state index is 0.107. The van der Waals surface area contributed by atoms with Crippen LogP contribution in [0.5, 0.6) is 0 Å². The van der Waals surface area contributed by atoms with Crippen LogP contribution in [-0.2, 0) is 65.4 Å². The van der Waals surface area contributed by atoms with Crippen molar-refractivity contribution in [2.24, 2.45) is 17.8 Å². The summed E-state index contributed by atoms with van der Waals surface area (Å²) in [5.74, 6) is 0.292. The normalized spacial score (nSPS) is 14.3. The summed E-state index contributed by atoms with van der Waals surface area (Å²) in [7, 11) is -9.93. The molecule has 7 atom stereocenters. The number of rotatable bonds is 87. The Hall–Kier alpha value is -1.94. The molecule has 642 valence electrons. The maximum atomic E-state index is 13.2. The maximum Gasteiger partial charge on any atom is 0.472 e. The smallest absolute Gasteiger partial charge is 0.462 e. The van der Waals surface area contributed by atoms with E-state index >= 15 is 0 Å². The van der Waals surface area contributed by atoms with Gasteiger partial charge in [0.05, 0.1) is 26.4 Å². The van der Waals surface area contributed by atoms with E-state index in [0.717, 1.165) is 108 Å². The predicted octanol–water partition coefficient (Wildman–Crippen LogP) is 27.3. The van der Waals surface area contributed by atoms with Crippen LogP contribution in [0.2, 0.25) is 0 Å². The highest BCUT2D eigenvalue weighted by Gasteiger charge is 2.31. The molecule has 3 N–H and O–H groups in total. The highest BCUT2D eigenvalue weighted by atomic mass is 31.2. The second-order valence-electron chi connectivity index (χ2n) is 32.9. The molecule has 0 aromatic carbocycles. The van der Waals surface area contributed by atoms with Crippen molar-refractivity contribution < 1.29 is 80.2 Å². The Kier molecular flexibility index (Phi) is 77.5. The molecule has 0 saturated carbocycles. The Morgan fingerprint density at radius 3 is 0.704 bits per heavy atom. The number of carbonyl (C=O) groups excluding carboxylic acids is 4. The summed E-state index contributed by atoms with van der Waals surface area (Å²) in [6.45, 7) is 12.0. The van der Waals surface area contributed by atoms with E-state index in [1.54, 1.807) is 0 Å². The molecule has 0 amide bonds. The first kappa shape index (κ1) is 106. The van der Waals surface area contributed by atoms with Crippen LogP contribution < -0.4 is 0 Å². The maximum absolute atomic E-state index is 13.2. The first-order valence-electron chi connectivity index (χ1n) is 45.9. The highest BCUT2D eigenvalue weighted by molar-refractivity contribution is 7.47. The van der Waals surface area contributed by atoms with Gasteiger partial charge in [-0.15, -0.1) is 0 Å². The van der Waals surface area contributed by atoms with Crippen molar-refractivity contribution >= 4 is 39.5 Å². The van der Waals surface area contributed by atoms with E-state index in [1.807, 2.05) is 0 Å². The zero-order valence-electron chi connectivity index (χ0n) is 71.3. The molecule has 19 heteroatoms. The molecule has 0 spiro atoms. The first-order chi connectivity index (χ1) is 52.3. The van der Waals surface area contributed by atoms with E-state index < -0.39 is 97.5 Å². The Bertz CT molecular complexity index is 2080. The van der Waals surface area contributed by atoms with Gasteiger partial charge in [-0.25, -0.2) is 9.13 Å². The fourth-order valence-electron chi connectivity index (χ4n) is 13.8. The number of aliphatic hydroxyl groups is 1. The lowest BCUT2D eigenvalue weighted by Crippen LogP contribution is -2.30. The Morgan fingerprint density at radius 1 is 0.269 bits per heavy atom. The molecule has 0 aliphatic carbocycles. The van der Waals surface area contributed by atoms with Crippen LogP contribution in [0.1, 0.15) is 472 Å². The SMILES string of the molecule is CCCCCCCCCCCCCCCCCCCCCC(=O)OC[C@H](COP(=O)(O)OC[C@@H](O)COP(=O)(O)OC[C@@H](COC(=O)CCCCCCCCC(C)C)OC(=O)CCCCCCCCCCCCCCCCC(C)CC)OC(=O)CCCCCCCCCCCCCCCCCCCCC(C)CC. The second kappa shape index (κ2) is 78.9. The van der Waals surface area contributed by atoms with E-state index in [-0.39, 0.29) is 25.7 Å². The summed E-state index contributed by atoms with van der Waals surface area (Å²) in [5, 5.41) is 10.7. The number of esters is 4. The molecule has 0 aliphatic rings. The molecule has 0 aromatic rings. The van der Waals surface area contributed by atoms with Crippen molar-refractivity contribution in [2.75, 3.05) is 39.6 Å². The zero-order chi connectivity index (χ0) is 79.3. The van der Waals surface area contributed by atoms with Gasteiger partial charge in [0.1, 0.15) is 19.3 Å². The molecular weight excluding hydrogens is 1400 g/mol. The van der Waals surface area contributed by atoms with Gasteiger partial charge in [-0.05, 0) is 43.4 Å². The van der Waals surface area contributed by atoms with Crippen molar-refractivity contribution in [3.8, 4) is 0 Å². The third-order valence-electron chi connectivity index (χ3n) is 21.6. The number of ether oxygens (including phenoxy) is 4. The van der Waals surface area contributed by atoms with Gasteiger partial charge < -0.3 is 33.8 Å². The van der Waals surface area contributed by atoms with Crippen LogP contribution in [0.15, 0.2) is 0 Å². The average molecular weight is 1580 g/mol. The number of phosphoric acid groups is 2. The summed E-state index contributed by atoms with van der Waals surface area (Å²) in [4.78, 5) is 73.3. The minimum Gasteiger partial charge on any atom is -0.462 e. The number of hydrogen-bond donors (Lipinski definition) is 3. The summed E-state index contributed by atoms with van der Waals surface area (Å²) in [5.41, 5.74) is 0. The third-order valence-corrected chi connectivity index (χ3v) is 23.5. The first-order valence-corrected chi connectivity index (χ1v) is 48.9. The zero-order valence-corrected chi connectivity index (χ0v) is 73.1. The lowest BCUT2D eigenvalue weighted by Gasteiger charge is -2.21. The van der Waals surface area contributed by atoms with E-state index in [2.05, 4.69) is 48.5 Å². The number of phosphoric ester groups is 2. The standard InChI is InChI=1S/C89H174O17P2/c1-8-11-12-13-14-15-16-17-18-19-20-24-27-33-38-43-48-56-63-70-86(91)99-76-84(105-88(93)72-65-58-49-44-39-34-28-25-22-21-23-26-31-36-41-46-54-61-68-81(6)9-2)78-103-107(95,96)101-74-83(90)75-102-108(97,98)104-79-85(77-100-87(92)71-64-57-52-51-53-60-67-80(4)5)106-89(94)73-66-59-50-45-40-35-30-29-32-37-42-47-55-62-69-82(7)10-3/h80-85,90H,8-79H2,1-7H3,(H,95,96)(H,97,98)/t81?,82?,83-,84-,85-/m1/s1. The molecule has 108 heavy (non-hydrogen) atoms. The molecule has 0 bridgehead atoms. The number of unbranched alkanes of at least 4 members (excludes halogenated alkanes) is 53. The minimum atomic E-state index is -4.97. The van der Waals surface area contributed by atoms with Crippen LogP contribution in [0, 0.1) is 17.8 Å². The Morgan fingerprint density at radius 2 is 0.472 bits per heavy atom. The quantitative estimate of drug-likeness (QED) is 0.0222. The van der Waals surface area contributed by atoms with Crippen LogP contribution in [-0.4, -0.2) is 96.7 Å². The molecule has 0 heterocycles. The summed E-state index contributed by atoms with van der Waals surface area (Å²) >= 11 is 0. The van der Waals surface area contributed by atoms with Gasteiger partial charge in [-0.2, -0.15) is 0 Å². The molecule has 0 radical (unpaired) electrons. The number of aliphatic hydroxyl groups excluding tert-OH is 1. The van der Waals surface area contributed by atoms with Crippen LogP contribution >= 0.6 is 15.6 Å². The van der Waals surface area contributed by atoms with E-state index in [0.29, 0.717) is 31.6 Å². The average Bonchev–Trinajstić information content (AvgIpc) is 0.898. The van der Waals surface area contributed by atoms with Gasteiger partial charge in [-0.1, -0.05) is 421 Å². The van der Waals surface area contributed by atoms with E-state index in [4.69, 9.17) is 37.0 Å². The molecule has 0 aliphatic heterocycles. The van der Waals surface area contributed by atoms with Crippen molar-refractivity contribution in [1.82, 2.24) is 0 Å². The number of hydrogen-bond acceptors (Lipinski definition) is 15. The lowest BCUT2D eigenvalue weighted by atomic mass is 9.99. The Balaban J connectivity index is 5.21. The molecule has 17 nitrogen and oxygen atoms in total. The fourth-order valence-corrected chi connectivity index (χ4v) is 15.4. The summed E-state index contributed by atoms with van der Waals surface area (Å²) in [6.07, 6.45) is 71.0. The molecule has 0 aromatic heterocycles. The molecule has 0 fully saturated rings. The summed E-state index contributed by atoms with van der Waals surface area (Å²) in [6, 6.07) is 0. The van der Waals surface area contributed by atoms with Gasteiger partial charge in [-0.3, -0.25) is 37.3 Å².